The normalized spacial score (nSPS) is 19.4. The van der Waals surface area contributed by atoms with Crippen molar-refractivity contribution in [2.45, 2.75) is 19.0 Å². The number of anilines is 2. The lowest BCUT2D eigenvalue weighted by molar-refractivity contribution is -0.123. The van der Waals surface area contributed by atoms with Gasteiger partial charge in [0.15, 0.2) is 23.6 Å². The molecule has 1 N–H and O–H groups in total. The van der Waals surface area contributed by atoms with Crippen molar-refractivity contribution in [1.29, 1.82) is 0 Å². The Hall–Kier alpha value is -4.02. The number of fused-ring (bicyclic) bond motifs is 1. The van der Waals surface area contributed by atoms with Gasteiger partial charge in [0.25, 0.3) is 11.8 Å². The minimum Gasteiger partial charge on any atom is -0.493 e. The summed E-state index contributed by atoms with van der Waals surface area (Å²) in [6.07, 6.45) is 0. The number of nitrogens with zero attached hydrogens (tertiary/aromatic N) is 4. The zero-order chi connectivity index (χ0) is 23.0. The van der Waals surface area contributed by atoms with Gasteiger partial charge < -0.3 is 14.8 Å². The molecule has 2 aliphatic rings. The smallest absolute Gasteiger partial charge is 0.263 e. The van der Waals surface area contributed by atoms with Crippen molar-refractivity contribution < 1.29 is 28.2 Å². The third kappa shape index (κ3) is 3.61. The fraction of sp³-hybridized carbons (Fsp3) is 0.286. The number of halogens is 1. The molecule has 3 amide bonds. The molecule has 0 radical (unpaired) electrons. The van der Waals surface area contributed by atoms with Crippen molar-refractivity contribution in [3.8, 4) is 11.5 Å². The Morgan fingerprint density at radius 2 is 1.84 bits per heavy atom. The molecule has 11 heteroatoms. The third-order valence-electron chi connectivity index (χ3n) is 5.24. The summed E-state index contributed by atoms with van der Waals surface area (Å²) >= 11 is 0. The Kier molecular flexibility index (Phi) is 5.47. The van der Waals surface area contributed by atoms with Gasteiger partial charge in [-0.2, -0.15) is 5.11 Å². The van der Waals surface area contributed by atoms with E-state index in [1.165, 1.54) is 32.4 Å². The first-order valence-corrected chi connectivity index (χ1v) is 9.67. The highest BCUT2D eigenvalue weighted by molar-refractivity contribution is 6.25. The van der Waals surface area contributed by atoms with E-state index in [0.29, 0.717) is 22.7 Å². The van der Waals surface area contributed by atoms with Gasteiger partial charge in [0.05, 0.1) is 19.9 Å². The van der Waals surface area contributed by atoms with Gasteiger partial charge in [0.2, 0.25) is 5.91 Å². The molecule has 0 aromatic heterocycles. The van der Waals surface area contributed by atoms with Crippen LogP contribution in [0.3, 0.4) is 0 Å². The minimum absolute atomic E-state index is 0.270. The molecule has 2 aliphatic heterocycles. The number of amides is 3. The average Bonchev–Trinajstić information content (AvgIpc) is 3.29. The van der Waals surface area contributed by atoms with E-state index in [1.54, 1.807) is 25.1 Å². The van der Waals surface area contributed by atoms with Crippen LogP contribution in [-0.2, 0) is 14.4 Å². The van der Waals surface area contributed by atoms with E-state index in [-0.39, 0.29) is 12.2 Å². The number of hydrogen-bond acceptors (Lipinski definition) is 8. The van der Waals surface area contributed by atoms with E-state index < -0.39 is 35.6 Å². The van der Waals surface area contributed by atoms with Crippen LogP contribution >= 0.6 is 0 Å². The number of hydrogen-bond donors (Lipinski definition) is 1. The summed E-state index contributed by atoms with van der Waals surface area (Å²) in [5.74, 6) is -1.30. The Bertz CT molecular complexity index is 1140. The summed E-state index contributed by atoms with van der Waals surface area (Å²) in [5, 5.41) is 11.4. The molecule has 32 heavy (non-hydrogen) atoms. The van der Waals surface area contributed by atoms with E-state index in [1.807, 2.05) is 0 Å². The quantitative estimate of drug-likeness (QED) is 0.687. The highest BCUT2D eigenvalue weighted by atomic mass is 19.1. The van der Waals surface area contributed by atoms with Crippen molar-refractivity contribution in [2.75, 3.05) is 31.0 Å². The first-order valence-electron chi connectivity index (χ1n) is 9.67. The molecule has 4 rings (SSSR count). The summed E-state index contributed by atoms with van der Waals surface area (Å²) in [4.78, 5) is 39.4. The lowest BCUT2D eigenvalue weighted by Crippen LogP contribution is -2.43. The third-order valence-corrected chi connectivity index (χ3v) is 5.24. The van der Waals surface area contributed by atoms with Crippen LogP contribution in [0, 0.1) is 12.7 Å². The highest BCUT2D eigenvalue weighted by Gasteiger charge is 2.55. The van der Waals surface area contributed by atoms with Crippen molar-refractivity contribution in [2.24, 2.45) is 10.3 Å². The van der Waals surface area contributed by atoms with Crippen LogP contribution in [0.2, 0.25) is 0 Å². The van der Waals surface area contributed by atoms with Crippen molar-refractivity contribution in [1.82, 2.24) is 5.01 Å². The van der Waals surface area contributed by atoms with Crippen molar-refractivity contribution in [3.05, 3.63) is 47.8 Å². The Morgan fingerprint density at radius 1 is 1.09 bits per heavy atom. The van der Waals surface area contributed by atoms with Gasteiger partial charge in [0.1, 0.15) is 12.4 Å². The molecule has 2 heterocycles. The van der Waals surface area contributed by atoms with E-state index in [9.17, 15) is 18.8 Å². The summed E-state index contributed by atoms with van der Waals surface area (Å²) in [7, 11) is 2.92. The standard InChI is InChI=1S/C21H20FN5O5/c1-11-4-5-12(8-14(11)22)23-17(28)10-26-19-18(24-25-26)20(29)27(21(19)30)13-6-7-15(31-2)16(9-13)32-3/h4-9,18-19H,10H2,1-3H3,(H,23,28)/t18-,19+/m0/s1. The van der Waals surface area contributed by atoms with Crippen LogP contribution in [0.25, 0.3) is 0 Å². The zero-order valence-corrected chi connectivity index (χ0v) is 17.5. The fourth-order valence-electron chi connectivity index (χ4n) is 3.59. The van der Waals surface area contributed by atoms with Crippen LogP contribution in [0.15, 0.2) is 46.7 Å². The molecule has 0 unspecified atom stereocenters. The van der Waals surface area contributed by atoms with Gasteiger partial charge in [-0.15, -0.1) is 0 Å². The number of rotatable bonds is 6. The number of methoxy groups -OCH3 is 2. The summed E-state index contributed by atoms with van der Waals surface area (Å²) in [5.41, 5.74) is 1.01. The van der Waals surface area contributed by atoms with Gasteiger partial charge in [-0.25, -0.2) is 9.29 Å². The summed E-state index contributed by atoms with van der Waals surface area (Å²) in [6, 6.07) is 6.84. The molecule has 0 saturated carbocycles. The SMILES string of the molecule is COc1ccc(N2C(=O)[C@H]3N=NN(CC(=O)Nc4ccc(C)c(F)c4)[C@H]3C2=O)cc1OC. The molecule has 1 saturated heterocycles. The van der Waals surface area contributed by atoms with E-state index >= 15 is 0 Å². The van der Waals surface area contributed by atoms with Gasteiger partial charge in [-0.1, -0.05) is 11.3 Å². The Labute approximate surface area is 182 Å². The predicted molar refractivity (Wildman–Crippen MR) is 111 cm³/mol. The van der Waals surface area contributed by atoms with Crippen LogP contribution in [-0.4, -0.2) is 55.6 Å². The molecule has 166 valence electrons. The maximum absolute atomic E-state index is 13.7. The lowest BCUT2D eigenvalue weighted by Gasteiger charge is -2.20. The Morgan fingerprint density at radius 3 is 2.53 bits per heavy atom. The van der Waals surface area contributed by atoms with E-state index in [2.05, 4.69) is 15.7 Å². The molecule has 0 bridgehead atoms. The van der Waals surface area contributed by atoms with Crippen molar-refractivity contribution in [3.63, 3.8) is 0 Å². The second-order valence-corrected chi connectivity index (χ2v) is 7.26. The molecule has 0 aliphatic carbocycles. The topological polar surface area (TPSA) is 113 Å². The summed E-state index contributed by atoms with van der Waals surface area (Å²) in [6.45, 7) is 1.28. The molecule has 2 atom stereocenters. The zero-order valence-electron chi connectivity index (χ0n) is 17.5. The predicted octanol–water partition coefficient (Wildman–Crippen LogP) is 2.08. The highest BCUT2D eigenvalue weighted by Crippen LogP contribution is 2.36. The molecule has 10 nitrogen and oxygen atoms in total. The van der Waals surface area contributed by atoms with Crippen LogP contribution < -0.4 is 19.7 Å². The van der Waals surface area contributed by atoms with Crippen molar-refractivity contribution >= 4 is 29.1 Å². The van der Waals surface area contributed by atoms with E-state index in [4.69, 9.17) is 9.47 Å². The number of aryl methyl sites for hydroxylation is 1. The molecular weight excluding hydrogens is 421 g/mol. The largest absolute Gasteiger partial charge is 0.493 e. The van der Waals surface area contributed by atoms with Gasteiger partial charge >= 0.3 is 0 Å². The Balaban J connectivity index is 1.50. The molecule has 1 fully saturated rings. The second kappa shape index (κ2) is 8.25. The van der Waals surface area contributed by atoms with Gasteiger partial charge in [-0.3, -0.25) is 19.4 Å². The van der Waals surface area contributed by atoms with Crippen LogP contribution in [0.5, 0.6) is 11.5 Å². The van der Waals surface area contributed by atoms with Gasteiger partial charge in [0, 0.05) is 11.8 Å². The summed E-state index contributed by atoms with van der Waals surface area (Å²) < 4.78 is 24.1. The number of ether oxygens (including phenoxy) is 2. The average molecular weight is 441 g/mol. The van der Waals surface area contributed by atoms with E-state index in [0.717, 1.165) is 9.91 Å². The second-order valence-electron chi connectivity index (χ2n) is 7.26. The number of nitrogens with one attached hydrogen (secondary N) is 1. The monoisotopic (exact) mass is 441 g/mol. The first-order chi connectivity index (χ1) is 15.3. The van der Waals surface area contributed by atoms with Gasteiger partial charge in [-0.05, 0) is 36.8 Å². The first kappa shape index (κ1) is 21.2. The number of benzene rings is 2. The molecule has 2 aromatic carbocycles. The van der Waals surface area contributed by atoms with Crippen LogP contribution in [0.4, 0.5) is 15.8 Å². The van der Waals surface area contributed by atoms with Crippen LogP contribution in [0.1, 0.15) is 5.56 Å². The minimum atomic E-state index is -1.06. The fourth-order valence-corrected chi connectivity index (χ4v) is 3.59. The molecular formula is C21H20FN5O5. The molecule has 0 spiro atoms. The maximum Gasteiger partial charge on any atom is 0.263 e. The maximum atomic E-state index is 13.7. The number of carbonyl (C=O) groups is 3. The molecule has 2 aromatic rings. The lowest BCUT2D eigenvalue weighted by atomic mass is 10.1. The number of imide groups is 1. The number of carbonyl (C=O) groups excluding carboxylic acids is 3.